The molecule has 2 heterocycles. The van der Waals surface area contributed by atoms with E-state index in [-0.39, 0.29) is 17.0 Å². The van der Waals surface area contributed by atoms with E-state index < -0.39 is 29.7 Å². The zero-order chi connectivity index (χ0) is 63.4. The lowest BCUT2D eigenvalue weighted by molar-refractivity contribution is -0.112. The number of hydrogen-bond acceptors (Lipinski definition) is 14. The Bertz CT molecular complexity index is 2990. The van der Waals surface area contributed by atoms with Crippen LogP contribution in [0.2, 0.25) is 0 Å². The molecule has 17 heteroatoms. The number of nitrogens with one attached hydrogen (secondary N) is 2. The van der Waals surface area contributed by atoms with Gasteiger partial charge < -0.3 is 14.6 Å². The number of amides is 2. The number of aldehydes is 1. The van der Waals surface area contributed by atoms with Crippen molar-refractivity contribution in [1.29, 1.82) is 0 Å². The van der Waals surface area contributed by atoms with Crippen LogP contribution in [0.4, 0.5) is 22.7 Å². The zero-order valence-corrected chi connectivity index (χ0v) is 53.5. The van der Waals surface area contributed by atoms with Gasteiger partial charge in [-0.3, -0.25) is 25.2 Å². The van der Waals surface area contributed by atoms with Gasteiger partial charge in [-0.2, -0.15) is 30.4 Å². The van der Waals surface area contributed by atoms with Crippen LogP contribution in [-0.4, -0.2) is 77.2 Å². The van der Waals surface area contributed by atoms with Crippen molar-refractivity contribution in [2.45, 2.75) is 220 Å². The van der Waals surface area contributed by atoms with Crippen molar-refractivity contribution >= 4 is 81.6 Å². The van der Waals surface area contributed by atoms with Crippen LogP contribution >= 0.6 is 0 Å². The van der Waals surface area contributed by atoms with Gasteiger partial charge in [0.15, 0.2) is 11.4 Å². The molecule has 0 fully saturated rings. The Morgan fingerprint density at radius 2 is 0.820 bits per heavy atom. The largest absolute Gasteiger partial charge is 0.478 e. The van der Waals surface area contributed by atoms with E-state index >= 15 is 0 Å². The maximum Gasteiger partial charge on any atom is 0.340 e. The number of unbranched alkanes of at least 4 members (excludes halogenated alkanes) is 22. The molecular weight excluding hydrogens is 1120 g/mol. The highest BCUT2D eigenvalue weighted by molar-refractivity contribution is 6.72. The van der Waals surface area contributed by atoms with E-state index in [1.807, 2.05) is 0 Å². The van der Waals surface area contributed by atoms with Crippen molar-refractivity contribution in [3.05, 3.63) is 119 Å². The molecule has 4 aromatic rings. The number of aromatic carboxylic acids is 1. The second-order valence-electron chi connectivity index (χ2n) is 23.8. The first-order chi connectivity index (χ1) is 43.4. The summed E-state index contributed by atoms with van der Waals surface area (Å²) in [7, 11) is 0. The predicted molar refractivity (Wildman–Crippen MR) is 359 cm³/mol. The molecule has 2 aliphatic rings. The minimum absolute atomic E-state index is 0.0744. The summed E-state index contributed by atoms with van der Waals surface area (Å²) in [6.07, 6.45) is 37.7. The number of anilines is 4. The fourth-order valence-electron chi connectivity index (χ4n) is 11.7. The van der Waals surface area contributed by atoms with E-state index in [0.29, 0.717) is 64.1 Å². The summed E-state index contributed by atoms with van der Waals surface area (Å²) in [5.41, 5.74) is 9.76. The summed E-state index contributed by atoms with van der Waals surface area (Å²) >= 11 is 0. The molecule has 3 N–H and O–H groups in total. The molecule has 0 radical (unpaired) electrons. The Labute approximate surface area is 528 Å². The number of esters is 2. The van der Waals surface area contributed by atoms with Crippen molar-refractivity contribution in [3.8, 4) is 0 Å². The van der Waals surface area contributed by atoms with Gasteiger partial charge in [0.05, 0.1) is 64.1 Å². The zero-order valence-electron chi connectivity index (χ0n) is 53.5. The third-order valence-electron chi connectivity index (χ3n) is 16.9. The van der Waals surface area contributed by atoms with Gasteiger partial charge in [0.2, 0.25) is 0 Å². The molecule has 0 bridgehead atoms. The molecule has 0 aliphatic carbocycles. The number of para-hydroxylation sites is 2. The molecular formula is C72H98N8O9. The number of carbonyl (C=O) groups is 6. The average Bonchev–Trinajstić information content (AvgIpc) is 3.92. The molecule has 2 unspecified atom stereocenters. The van der Waals surface area contributed by atoms with E-state index in [1.54, 1.807) is 86.6 Å². The quantitative estimate of drug-likeness (QED) is 0.0163. The third-order valence-corrected chi connectivity index (χ3v) is 16.9. The van der Waals surface area contributed by atoms with Gasteiger partial charge in [-0.25, -0.2) is 14.4 Å². The average molecular weight is 1220 g/mol. The molecule has 0 saturated carbocycles. The fraction of sp³-hybridized carbons (Fsp3) is 0.528. The Balaban J connectivity index is 0.909. The number of carboxylic acid groups (broad SMARTS) is 1. The van der Waals surface area contributed by atoms with E-state index in [4.69, 9.17) is 9.47 Å². The topological polar surface area (TPSA) is 221 Å². The summed E-state index contributed by atoms with van der Waals surface area (Å²) in [5.74, 6) is -1.35. The van der Waals surface area contributed by atoms with Crippen molar-refractivity contribution in [2.75, 3.05) is 34.1 Å². The van der Waals surface area contributed by atoms with E-state index in [9.17, 15) is 33.9 Å². The van der Waals surface area contributed by atoms with Gasteiger partial charge in [0.25, 0.3) is 0 Å². The molecule has 6 rings (SSSR count). The molecule has 89 heavy (non-hydrogen) atoms. The van der Waals surface area contributed by atoms with Gasteiger partial charge in [0.1, 0.15) is 6.29 Å². The molecule has 17 nitrogen and oxygen atoms in total. The van der Waals surface area contributed by atoms with Gasteiger partial charge in [-0.1, -0.05) is 218 Å². The van der Waals surface area contributed by atoms with Crippen LogP contribution < -0.4 is 20.9 Å². The molecule has 2 amide bonds. The first-order valence-electron chi connectivity index (χ1n) is 33.3. The lowest BCUT2D eigenvalue weighted by atomic mass is 9.78. The van der Waals surface area contributed by atoms with Gasteiger partial charge in [0, 0.05) is 5.56 Å². The van der Waals surface area contributed by atoms with Crippen LogP contribution in [0.15, 0.2) is 117 Å². The number of carbonyl (C=O) groups excluding carboxylic acids is 5. The molecule has 2 aliphatic heterocycles. The van der Waals surface area contributed by atoms with Crippen LogP contribution in [0.5, 0.6) is 0 Å². The Hall–Kier alpha value is -7.82. The number of hydrazone groups is 4. The predicted octanol–water partition coefficient (Wildman–Crippen LogP) is 17.6. The summed E-state index contributed by atoms with van der Waals surface area (Å²) < 4.78 is 11.5. The summed E-state index contributed by atoms with van der Waals surface area (Å²) in [6.45, 7) is 8.56. The van der Waals surface area contributed by atoms with Crippen LogP contribution in [0.3, 0.4) is 0 Å². The van der Waals surface area contributed by atoms with Crippen LogP contribution in [0.25, 0.3) is 0 Å². The lowest BCUT2D eigenvalue weighted by Gasteiger charge is -2.28. The second kappa shape index (κ2) is 39.9. The number of carboxylic acids is 1. The van der Waals surface area contributed by atoms with E-state index in [2.05, 4.69) is 45.1 Å². The Morgan fingerprint density at radius 1 is 0.483 bits per heavy atom. The maximum atomic E-state index is 13.3. The summed E-state index contributed by atoms with van der Waals surface area (Å²) in [5, 5.41) is 29.0. The molecule has 0 saturated heterocycles. The molecule has 480 valence electrons. The van der Waals surface area contributed by atoms with Crippen molar-refractivity contribution < 1.29 is 43.3 Å². The monoisotopic (exact) mass is 1220 g/mol. The number of nitrogens with zero attached hydrogens (tertiary/aromatic N) is 6. The Morgan fingerprint density at radius 3 is 1.18 bits per heavy atom. The van der Waals surface area contributed by atoms with Gasteiger partial charge >= 0.3 is 29.7 Å². The second-order valence-corrected chi connectivity index (χ2v) is 23.8. The Kier molecular flexibility index (Phi) is 31.5. The number of ether oxygens (including phenoxy) is 2. The van der Waals surface area contributed by atoms with Crippen LogP contribution in [-0.2, 0) is 19.1 Å². The first-order valence-corrected chi connectivity index (χ1v) is 33.3. The number of benzene rings is 4. The van der Waals surface area contributed by atoms with Crippen LogP contribution in [0.1, 0.15) is 262 Å². The minimum Gasteiger partial charge on any atom is -0.478 e. The number of hydrogen-bond donors (Lipinski definition) is 3. The third kappa shape index (κ3) is 23.6. The molecule has 2 atom stereocenters. The fourth-order valence-corrected chi connectivity index (χ4v) is 11.7. The SMILES string of the molecule is CCCCCCCCCC(CCCCCCCCOC(=O)c1ccccc1N/N=C1\C(=O)N(c2ccc(C=O)cc2)N=C1C)C(CCCCCCCCC)CCCCCCCCOC(=O)c1ccccc1N/N=C1\C(=O)N(c2ccc(C(=O)O)cc2)N=C1C. The van der Waals surface area contributed by atoms with Gasteiger partial charge in [-0.15, -0.1) is 0 Å². The lowest BCUT2D eigenvalue weighted by Crippen LogP contribution is -2.28. The standard InChI is InChI=1S/C72H98N8O9/c1-5-7-9-11-13-19-25-35-57(37-27-21-15-17-23-33-51-88-71(86)62-39-29-31-41-64(62)73-75-66-54(3)77-79(68(66)82)60-47-43-56(53-81)44-48-60)58(36-26-20-14-12-10-8-6-2)38-28-22-16-18-24-34-52-89-72(87)63-40-30-32-42-65(63)74-76-67-55(4)78-80(69(67)83)61-49-45-59(46-50-61)70(84)85/h29-32,39-50,53,57-58,73-74H,5-28,33-38,51-52H2,1-4H3,(H,84,85)/b75-66-,76-67-. The maximum absolute atomic E-state index is 13.3. The van der Waals surface area contributed by atoms with Gasteiger partial charge in [-0.05, 0) is 111 Å². The minimum atomic E-state index is -1.07. The van der Waals surface area contributed by atoms with E-state index in [0.717, 1.165) is 56.6 Å². The van der Waals surface area contributed by atoms with E-state index in [1.165, 1.54) is 188 Å². The van der Waals surface area contributed by atoms with Crippen molar-refractivity contribution in [1.82, 2.24) is 0 Å². The van der Waals surface area contributed by atoms with Crippen molar-refractivity contribution in [3.63, 3.8) is 0 Å². The summed E-state index contributed by atoms with van der Waals surface area (Å²) in [6, 6.07) is 26.3. The molecule has 4 aromatic carbocycles. The number of rotatable bonds is 45. The molecule has 0 spiro atoms. The highest BCUT2D eigenvalue weighted by Crippen LogP contribution is 2.34. The van der Waals surface area contributed by atoms with Crippen molar-refractivity contribution in [2.24, 2.45) is 32.2 Å². The van der Waals surface area contributed by atoms with Crippen LogP contribution in [0, 0.1) is 11.8 Å². The normalized spacial score (nSPS) is 14.7. The highest BCUT2D eigenvalue weighted by Gasteiger charge is 2.33. The smallest absolute Gasteiger partial charge is 0.340 e. The first kappa shape index (κ1) is 70.3. The summed E-state index contributed by atoms with van der Waals surface area (Å²) in [4.78, 5) is 75.6. The molecule has 0 aromatic heterocycles. The highest BCUT2D eigenvalue weighted by atomic mass is 16.5.